The molecule has 17 heavy (non-hydrogen) atoms. The summed E-state index contributed by atoms with van der Waals surface area (Å²) in [4.78, 5) is 20.7. The molecule has 102 valence electrons. The van der Waals surface area contributed by atoms with Crippen LogP contribution in [-0.2, 0) is 13.9 Å². The Morgan fingerprint density at radius 3 is 2.53 bits per heavy atom. The zero-order valence-electron chi connectivity index (χ0n) is 10.3. The Morgan fingerprint density at radius 1 is 1.47 bits per heavy atom. The van der Waals surface area contributed by atoms with Gasteiger partial charge in [-0.05, 0) is 13.3 Å². The van der Waals surface area contributed by atoms with Crippen LogP contribution in [0.3, 0.4) is 0 Å². The molecule has 0 bridgehead atoms. The lowest BCUT2D eigenvalue weighted by Gasteiger charge is -2.17. The average molecular weight is 283 g/mol. The lowest BCUT2D eigenvalue weighted by atomic mass is 10.1. The third-order valence-corrected chi connectivity index (χ3v) is 4.28. The summed E-state index contributed by atoms with van der Waals surface area (Å²) in [5.41, 5.74) is 5.24. The maximum Gasteiger partial charge on any atom is 0.395 e. The molecule has 0 amide bonds. The molecular formula is C10H22NO4PS. The smallest absolute Gasteiger partial charge is 0.390 e. The highest BCUT2D eigenvalue weighted by Crippen LogP contribution is 2.45. The van der Waals surface area contributed by atoms with E-state index >= 15 is 0 Å². The Balaban J connectivity index is 4.02. The van der Waals surface area contributed by atoms with E-state index in [0.29, 0.717) is 6.42 Å². The predicted octanol–water partition coefficient (Wildman–Crippen LogP) is 2.29. The third-order valence-electron chi connectivity index (χ3n) is 2.34. The van der Waals surface area contributed by atoms with Gasteiger partial charge in [0.25, 0.3) is 0 Å². The average Bonchev–Trinajstić information content (AvgIpc) is 2.23. The second-order valence-corrected chi connectivity index (χ2v) is 6.83. The first-order valence-electron chi connectivity index (χ1n) is 5.80. The van der Waals surface area contributed by atoms with Gasteiger partial charge in [-0.2, -0.15) is 12.6 Å². The van der Waals surface area contributed by atoms with Gasteiger partial charge in [-0.25, -0.2) is 4.57 Å². The zero-order valence-corrected chi connectivity index (χ0v) is 12.1. The van der Waals surface area contributed by atoms with Gasteiger partial charge in [-0.15, -0.1) is 0 Å². The first-order valence-corrected chi connectivity index (χ1v) is 7.97. The van der Waals surface area contributed by atoms with E-state index in [1.165, 1.54) is 6.92 Å². The number of rotatable bonds is 8. The fourth-order valence-electron chi connectivity index (χ4n) is 1.16. The van der Waals surface area contributed by atoms with E-state index in [0.717, 1.165) is 25.7 Å². The number of unbranched alkanes of at least 4 members (excludes halogenated alkanes) is 3. The van der Waals surface area contributed by atoms with Crippen molar-refractivity contribution in [2.45, 2.75) is 57.0 Å². The largest absolute Gasteiger partial charge is 0.395 e. The second-order valence-electron chi connectivity index (χ2n) is 4.08. The minimum Gasteiger partial charge on any atom is -0.390 e. The summed E-state index contributed by atoms with van der Waals surface area (Å²) in [6, 6.07) is 0. The number of nitrogens with two attached hydrogens (primary N) is 1. The summed E-state index contributed by atoms with van der Waals surface area (Å²) in [5, 5.41) is -0.661. The van der Waals surface area contributed by atoms with Crippen molar-refractivity contribution in [1.82, 2.24) is 0 Å². The summed E-state index contributed by atoms with van der Waals surface area (Å²) in [5.74, 6) is -1.85. The highest BCUT2D eigenvalue weighted by molar-refractivity contribution is 7.81. The molecule has 0 aromatic rings. The van der Waals surface area contributed by atoms with E-state index in [2.05, 4.69) is 24.1 Å². The third kappa shape index (κ3) is 7.09. The molecule has 7 heteroatoms. The minimum absolute atomic E-state index is 0.543. The van der Waals surface area contributed by atoms with Crippen molar-refractivity contribution < 1.29 is 18.8 Å². The van der Waals surface area contributed by atoms with Gasteiger partial charge in [0.2, 0.25) is 0 Å². The SMILES string of the molecule is CCCCCCC(S)C(=O)OP(=O)(O)C(C)N. The summed E-state index contributed by atoms with van der Waals surface area (Å²) >= 11 is 4.06. The van der Waals surface area contributed by atoms with Crippen LogP contribution in [0.1, 0.15) is 46.0 Å². The van der Waals surface area contributed by atoms with Crippen molar-refractivity contribution in [3.63, 3.8) is 0 Å². The van der Waals surface area contributed by atoms with Gasteiger partial charge < -0.3 is 15.2 Å². The van der Waals surface area contributed by atoms with Crippen LogP contribution in [0, 0.1) is 0 Å². The number of thiol groups is 1. The van der Waals surface area contributed by atoms with Crippen molar-refractivity contribution in [3.05, 3.63) is 0 Å². The van der Waals surface area contributed by atoms with Crippen LogP contribution in [0.2, 0.25) is 0 Å². The normalized spacial score (nSPS) is 18.2. The molecule has 0 aliphatic rings. The maximum absolute atomic E-state index is 11.4. The first-order chi connectivity index (χ1) is 7.81. The molecule has 0 saturated heterocycles. The van der Waals surface area contributed by atoms with E-state index in [1.807, 2.05) is 0 Å². The van der Waals surface area contributed by atoms with Gasteiger partial charge in [0, 0.05) is 0 Å². The lowest BCUT2D eigenvalue weighted by Crippen LogP contribution is -2.23. The van der Waals surface area contributed by atoms with Crippen LogP contribution in [-0.4, -0.2) is 21.9 Å². The van der Waals surface area contributed by atoms with Crippen LogP contribution in [0.5, 0.6) is 0 Å². The van der Waals surface area contributed by atoms with Crippen LogP contribution >= 0.6 is 20.2 Å². The standard InChI is InChI=1S/C10H22NO4PS/c1-3-4-5-6-7-9(17)10(12)15-16(13,14)8(2)11/h8-9,17H,3-7,11H2,1-2H3,(H,13,14). The monoisotopic (exact) mass is 283 g/mol. The second kappa shape index (κ2) is 8.14. The predicted molar refractivity (Wildman–Crippen MR) is 71.1 cm³/mol. The van der Waals surface area contributed by atoms with Crippen LogP contribution in [0.15, 0.2) is 0 Å². The Kier molecular flexibility index (Phi) is 8.12. The van der Waals surface area contributed by atoms with E-state index in [-0.39, 0.29) is 0 Å². The molecule has 0 rings (SSSR count). The Hall–Kier alpha value is -0.0300. The van der Waals surface area contributed by atoms with E-state index in [4.69, 9.17) is 5.73 Å². The Bertz CT molecular complexity index is 285. The van der Waals surface area contributed by atoms with Crippen molar-refractivity contribution in [3.8, 4) is 0 Å². The number of hydrogen-bond donors (Lipinski definition) is 3. The topological polar surface area (TPSA) is 89.6 Å². The fraction of sp³-hybridized carbons (Fsp3) is 0.900. The van der Waals surface area contributed by atoms with Gasteiger partial charge in [0.05, 0.1) is 5.25 Å². The summed E-state index contributed by atoms with van der Waals surface area (Å²) < 4.78 is 15.8. The molecule has 3 N–H and O–H groups in total. The summed E-state index contributed by atoms with van der Waals surface area (Å²) in [7, 11) is -4.04. The lowest BCUT2D eigenvalue weighted by molar-refractivity contribution is -0.134. The van der Waals surface area contributed by atoms with Crippen LogP contribution in [0.4, 0.5) is 0 Å². The van der Waals surface area contributed by atoms with E-state index in [9.17, 15) is 14.3 Å². The molecule has 3 unspecified atom stereocenters. The highest BCUT2D eigenvalue weighted by atomic mass is 32.1. The van der Waals surface area contributed by atoms with Crippen molar-refractivity contribution in [2.24, 2.45) is 5.73 Å². The molecular weight excluding hydrogens is 261 g/mol. The Labute approximate surface area is 108 Å². The molecule has 0 aliphatic heterocycles. The van der Waals surface area contributed by atoms with Crippen molar-refractivity contribution in [1.29, 1.82) is 0 Å². The molecule has 0 aromatic carbocycles. The molecule has 0 fully saturated rings. The molecule has 5 nitrogen and oxygen atoms in total. The van der Waals surface area contributed by atoms with Gasteiger partial charge in [0.15, 0.2) is 0 Å². The zero-order chi connectivity index (χ0) is 13.5. The molecule has 0 aliphatic carbocycles. The van der Waals surface area contributed by atoms with Gasteiger partial charge in [0.1, 0.15) is 5.78 Å². The molecule has 0 spiro atoms. The first kappa shape index (κ1) is 17.0. The van der Waals surface area contributed by atoms with Crippen molar-refractivity contribution in [2.75, 3.05) is 0 Å². The van der Waals surface area contributed by atoms with E-state index < -0.39 is 24.6 Å². The van der Waals surface area contributed by atoms with Gasteiger partial charge in [-0.3, -0.25) is 4.79 Å². The molecule has 3 atom stereocenters. The number of carbonyl (C=O) groups excluding carboxylic acids is 1. The summed E-state index contributed by atoms with van der Waals surface area (Å²) in [6.45, 7) is 3.42. The number of carbonyl (C=O) groups is 1. The Morgan fingerprint density at radius 2 is 2.06 bits per heavy atom. The molecule has 0 radical (unpaired) electrons. The highest BCUT2D eigenvalue weighted by Gasteiger charge is 2.31. The minimum atomic E-state index is -4.04. The molecule has 0 heterocycles. The molecule has 0 aromatic heterocycles. The quantitative estimate of drug-likeness (QED) is 0.361. The maximum atomic E-state index is 11.4. The van der Waals surface area contributed by atoms with Crippen molar-refractivity contribution >= 4 is 26.2 Å². The molecule has 0 saturated carbocycles. The summed E-state index contributed by atoms with van der Waals surface area (Å²) in [6.07, 6.45) is 4.63. The number of hydrogen-bond acceptors (Lipinski definition) is 5. The van der Waals surface area contributed by atoms with Crippen LogP contribution < -0.4 is 5.73 Å². The van der Waals surface area contributed by atoms with Gasteiger partial charge >= 0.3 is 13.6 Å². The van der Waals surface area contributed by atoms with Gasteiger partial charge in [-0.1, -0.05) is 32.6 Å². The van der Waals surface area contributed by atoms with Crippen LogP contribution in [0.25, 0.3) is 0 Å². The fourth-order valence-corrected chi connectivity index (χ4v) is 2.02. The van der Waals surface area contributed by atoms with E-state index in [1.54, 1.807) is 0 Å².